The zero-order valence-electron chi connectivity index (χ0n) is 16.1. The van der Waals surface area contributed by atoms with Crippen LogP contribution in [-0.2, 0) is 17.7 Å². The largest absolute Gasteiger partial charge is 0.375 e. The van der Waals surface area contributed by atoms with Crippen LogP contribution in [0, 0.1) is 12.7 Å². The molecule has 1 aromatic heterocycles. The van der Waals surface area contributed by atoms with Crippen LogP contribution >= 0.6 is 0 Å². The Labute approximate surface area is 159 Å². The van der Waals surface area contributed by atoms with Crippen molar-refractivity contribution in [1.29, 1.82) is 0 Å². The maximum Gasteiger partial charge on any atom is 0.191 e. The van der Waals surface area contributed by atoms with Crippen molar-refractivity contribution >= 4 is 5.96 Å². The first-order chi connectivity index (χ1) is 13.1. The smallest absolute Gasteiger partial charge is 0.191 e. The molecule has 0 saturated heterocycles. The van der Waals surface area contributed by atoms with E-state index >= 15 is 0 Å². The van der Waals surface area contributed by atoms with E-state index in [1.165, 1.54) is 12.1 Å². The summed E-state index contributed by atoms with van der Waals surface area (Å²) in [4.78, 5) is 9.12. The van der Waals surface area contributed by atoms with E-state index in [0.717, 1.165) is 49.1 Å². The molecule has 2 unspecified atom stereocenters. The number of hydrogen-bond acceptors (Lipinski definition) is 4. The van der Waals surface area contributed by atoms with Crippen molar-refractivity contribution in [1.82, 2.24) is 25.4 Å². The number of aryl methyl sites for hydroxylation is 2. The molecule has 8 heteroatoms. The molecule has 1 aliphatic rings. The van der Waals surface area contributed by atoms with E-state index < -0.39 is 0 Å². The molecule has 0 radical (unpaired) electrons. The van der Waals surface area contributed by atoms with Gasteiger partial charge in [-0.15, -0.1) is 0 Å². The number of nitrogens with one attached hydrogen (secondary N) is 2. The molecule has 0 aliphatic carbocycles. The Kier molecular flexibility index (Phi) is 6.39. The van der Waals surface area contributed by atoms with Crippen LogP contribution in [0.2, 0.25) is 0 Å². The first-order valence-corrected chi connectivity index (χ1v) is 9.32. The normalized spacial score (nSPS) is 18.1. The van der Waals surface area contributed by atoms with Crippen LogP contribution in [-0.4, -0.2) is 47.0 Å². The molecule has 146 valence electrons. The highest BCUT2D eigenvalue weighted by molar-refractivity contribution is 5.80. The van der Waals surface area contributed by atoms with Gasteiger partial charge in [-0.1, -0.05) is 12.1 Å². The van der Waals surface area contributed by atoms with Crippen LogP contribution < -0.4 is 10.6 Å². The zero-order valence-corrected chi connectivity index (χ0v) is 16.1. The molecule has 1 aliphatic heterocycles. The fourth-order valence-corrected chi connectivity index (χ4v) is 3.23. The number of guanidine groups is 1. The van der Waals surface area contributed by atoms with Gasteiger partial charge in [-0.25, -0.2) is 14.1 Å². The number of nitrogens with zero attached hydrogens (tertiary/aromatic N) is 4. The maximum absolute atomic E-state index is 13.1. The number of benzene rings is 1. The number of ether oxygens (including phenoxy) is 1. The Balaban J connectivity index is 1.64. The minimum absolute atomic E-state index is 0.225. The first-order valence-electron chi connectivity index (χ1n) is 9.32. The highest BCUT2D eigenvalue weighted by Gasteiger charge is 2.21. The van der Waals surface area contributed by atoms with Gasteiger partial charge in [0.25, 0.3) is 0 Å². The summed E-state index contributed by atoms with van der Waals surface area (Å²) < 4.78 is 20.6. The summed E-state index contributed by atoms with van der Waals surface area (Å²) in [5.74, 6) is 2.34. The fraction of sp³-hybridized carbons (Fsp3) is 0.526. The summed E-state index contributed by atoms with van der Waals surface area (Å²) in [6.45, 7) is 5.93. The van der Waals surface area contributed by atoms with Gasteiger partial charge in [0, 0.05) is 26.1 Å². The lowest BCUT2D eigenvalue weighted by atomic mass is 10.1. The van der Waals surface area contributed by atoms with Crippen molar-refractivity contribution < 1.29 is 9.13 Å². The summed E-state index contributed by atoms with van der Waals surface area (Å²) in [6.07, 6.45) is 1.65. The quantitative estimate of drug-likeness (QED) is 0.597. The molecule has 7 nitrogen and oxygen atoms in total. The van der Waals surface area contributed by atoms with E-state index in [-0.39, 0.29) is 18.0 Å². The summed E-state index contributed by atoms with van der Waals surface area (Å²) in [5.41, 5.74) is 0.902. The summed E-state index contributed by atoms with van der Waals surface area (Å²) >= 11 is 0. The van der Waals surface area contributed by atoms with Crippen molar-refractivity contribution in [3.8, 4) is 0 Å². The Hall–Kier alpha value is -2.48. The van der Waals surface area contributed by atoms with Crippen LogP contribution in [0.15, 0.2) is 29.3 Å². The number of aromatic nitrogens is 3. The van der Waals surface area contributed by atoms with Gasteiger partial charge in [0.1, 0.15) is 23.6 Å². The monoisotopic (exact) mass is 374 g/mol. The molecule has 2 atom stereocenters. The molecular weight excluding hydrogens is 347 g/mol. The Bertz CT molecular complexity index is 773. The van der Waals surface area contributed by atoms with Crippen LogP contribution in [0.4, 0.5) is 4.39 Å². The highest BCUT2D eigenvalue weighted by atomic mass is 19.1. The molecule has 2 aromatic rings. The second-order valence-corrected chi connectivity index (χ2v) is 6.63. The van der Waals surface area contributed by atoms with Gasteiger partial charge in [-0.2, -0.15) is 5.10 Å². The SMILES string of the molecule is CCNC(=NCC(OC)c1ccc(F)cc1)NC1CCc2nc(C)nn2C1. The highest BCUT2D eigenvalue weighted by Crippen LogP contribution is 2.17. The van der Waals surface area contributed by atoms with Crippen molar-refractivity contribution in [2.75, 3.05) is 20.2 Å². The molecule has 27 heavy (non-hydrogen) atoms. The molecule has 0 amide bonds. The molecule has 0 spiro atoms. The minimum atomic E-state index is -0.257. The average molecular weight is 374 g/mol. The topological polar surface area (TPSA) is 76.4 Å². The Morgan fingerprint density at radius 1 is 1.41 bits per heavy atom. The predicted molar refractivity (Wildman–Crippen MR) is 102 cm³/mol. The zero-order chi connectivity index (χ0) is 19.2. The number of aliphatic imine (C=N–C) groups is 1. The van der Waals surface area contributed by atoms with Gasteiger partial charge in [0.2, 0.25) is 0 Å². The van der Waals surface area contributed by atoms with Crippen LogP contribution in [0.3, 0.4) is 0 Å². The second-order valence-electron chi connectivity index (χ2n) is 6.63. The van der Waals surface area contributed by atoms with Crippen molar-refractivity contribution in [3.63, 3.8) is 0 Å². The third-order valence-corrected chi connectivity index (χ3v) is 4.59. The van der Waals surface area contributed by atoms with Crippen LogP contribution in [0.5, 0.6) is 0 Å². The number of methoxy groups -OCH3 is 1. The number of halogens is 1. The van der Waals surface area contributed by atoms with E-state index in [0.29, 0.717) is 6.54 Å². The van der Waals surface area contributed by atoms with Gasteiger partial charge < -0.3 is 15.4 Å². The second kappa shape index (κ2) is 8.94. The van der Waals surface area contributed by atoms with Crippen molar-refractivity contribution in [2.24, 2.45) is 4.99 Å². The third kappa shape index (κ3) is 5.03. The number of fused-ring (bicyclic) bond motifs is 1. The molecule has 2 heterocycles. The predicted octanol–water partition coefficient (Wildman–Crippen LogP) is 1.98. The van der Waals surface area contributed by atoms with Gasteiger partial charge in [-0.3, -0.25) is 4.99 Å². The molecule has 1 aromatic carbocycles. The van der Waals surface area contributed by atoms with E-state index in [2.05, 4.69) is 25.7 Å². The molecule has 2 N–H and O–H groups in total. The summed E-state index contributed by atoms with van der Waals surface area (Å²) in [6, 6.07) is 6.58. The number of hydrogen-bond donors (Lipinski definition) is 2. The molecule has 0 bridgehead atoms. The lowest BCUT2D eigenvalue weighted by molar-refractivity contribution is 0.111. The third-order valence-electron chi connectivity index (χ3n) is 4.59. The van der Waals surface area contributed by atoms with E-state index in [1.807, 2.05) is 18.5 Å². The Morgan fingerprint density at radius 3 is 2.89 bits per heavy atom. The maximum atomic E-state index is 13.1. The lowest BCUT2D eigenvalue weighted by Crippen LogP contribution is -2.47. The standard InChI is InChI=1S/C19H27FN6O/c1-4-21-19(22-11-17(27-3)14-5-7-15(20)8-6-14)24-16-9-10-18-23-13(2)25-26(18)12-16/h5-8,16-17H,4,9-12H2,1-3H3,(H2,21,22,24). The van der Waals surface area contributed by atoms with Crippen molar-refractivity contribution in [2.45, 2.75) is 45.4 Å². The Morgan fingerprint density at radius 2 is 2.19 bits per heavy atom. The lowest BCUT2D eigenvalue weighted by Gasteiger charge is -2.25. The van der Waals surface area contributed by atoms with E-state index in [9.17, 15) is 4.39 Å². The van der Waals surface area contributed by atoms with Crippen molar-refractivity contribution in [3.05, 3.63) is 47.3 Å². The fourth-order valence-electron chi connectivity index (χ4n) is 3.23. The van der Waals surface area contributed by atoms with E-state index in [1.54, 1.807) is 19.2 Å². The summed E-state index contributed by atoms with van der Waals surface area (Å²) in [7, 11) is 1.64. The van der Waals surface area contributed by atoms with Gasteiger partial charge in [0.05, 0.1) is 13.1 Å². The molecule has 3 rings (SSSR count). The average Bonchev–Trinajstić information content (AvgIpc) is 3.03. The summed E-state index contributed by atoms with van der Waals surface area (Å²) in [5, 5.41) is 11.2. The molecule has 0 saturated carbocycles. The minimum Gasteiger partial charge on any atom is -0.375 e. The number of rotatable bonds is 6. The van der Waals surface area contributed by atoms with E-state index in [4.69, 9.17) is 4.74 Å². The van der Waals surface area contributed by atoms with Crippen LogP contribution in [0.1, 0.15) is 36.7 Å². The van der Waals surface area contributed by atoms with Gasteiger partial charge >= 0.3 is 0 Å². The van der Waals surface area contributed by atoms with Crippen LogP contribution in [0.25, 0.3) is 0 Å². The van der Waals surface area contributed by atoms with Gasteiger partial charge in [-0.05, 0) is 38.0 Å². The molecule has 0 fully saturated rings. The molecular formula is C19H27FN6O. The first kappa shape index (κ1) is 19.3. The van der Waals surface area contributed by atoms with Gasteiger partial charge in [0.15, 0.2) is 5.96 Å².